The van der Waals surface area contributed by atoms with Gasteiger partial charge in [0.15, 0.2) is 0 Å². The van der Waals surface area contributed by atoms with E-state index in [1.807, 2.05) is 6.92 Å². The summed E-state index contributed by atoms with van der Waals surface area (Å²) in [6.07, 6.45) is 0. The third-order valence-electron chi connectivity index (χ3n) is 2.45. The maximum absolute atomic E-state index is 12.0. The number of aromatic nitrogens is 1. The molecule has 0 saturated carbocycles. The summed E-state index contributed by atoms with van der Waals surface area (Å²) >= 11 is 11.7. The minimum atomic E-state index is -0.415. The van der Waals surface area contributed by atoms with Crippen LogP contribution in [0.25, 0.3) is 0 Å². The summed E-state index contributed by atoms with van der Waals surface area (Å²) in [5, 5.41) is 3.16. The number of halogens is 2. The molecule has 20 heavy (non-hydrogen) atoms. The SMILES string of the molecule is CCOc1ccc(NC(=O)c2nc(Cl)ccc2Cl)cc1. The van der Waals surface area contributed by atoms with Crippen LogP contribution in [0, 0.1) is 0 Å². The summed E-state index contributed by atoms with van der Waals surface area (Å²) < 4.78 is 5.32. The number of hydrogen-bond donors (Lipinski definition) is 1. The van der Waals surface area contributed by atoms with Crippen molar-refractivity contribution in [1.29, 1.82) is 0 Å². The molecule has 2 aromatic rings. The van der Waals surface area contributed by atoms with Crippen LogP contribution in [-0.4, -0.2) is 17.5 Å². The van der Waals surface area contributed by atoms with E-state index in [0.29, 0.717) is 12.3 Å². The lowest BCUT2D eigenvalue weighted by molar-refractivity contribution is 0.102. The van der Waals surface area contributed by atoms with Crippen LogP contribution in [-0.2, 0) is 0 Å². The van der Waals surface area contributed by atoms with Crippen LogP contribution in [0.4, 0.5) is 5.69 Å². The Morgan fingerprint density at radius 1 is 1.20 bits per heavy atom. The Balaban J connectivity index is 2.13. The van der Waals surface area contributed by atoms with Gasteiger partial charge in [-0.3, -0.25) is 4.79 Å². The quantitative estimate of drug-likeness (QED) is 0.867. The number of amides is 1. The normalized spacial score (nSPS) is 10.2. The molecule has 0 aliphatic carbocycles. The van der Waals surface area contributed by atoms with E-state index in [4.69, 9.17) is 27.9 Å². The molecule has 0 bridgehead atoms. The van der Waals surface area contributed by atoms with Gasteiger partial charge < -0.3 is 10.1 Å². The van der Waals surface area contributed by atoms with Gasteiger partial charge >= 0.3 is 0 Å². The van der Waals surface area contributed by atoms with Crippen molar-refractivity contribution in [2.45, 2.75) is 6.92 Å². The van der Waals surface area contributed by atoms with E-state index in [9.17, 15) is 4.79 Å². The van der Waals surface area contributed by atoms with E-state index in [1.54, 1.807) is 24.3 Å². The van der Waals surface area contributed by atoms with E-state index >= 15 is 0 Å². The second-order valence-corrected chi connectivity index (χ2v) is 4.67. The van der Waals surface area contributed by atoms with Crippen molar-refractivity contribution in [3.63, 3.8) is 0 Å². The first-order chi connectivity index (χ1) is 9.60. The van der Waals surface area contributed by atoms with Gasteiger partial charge in [0, 0.05) is 5.69 Å². The topological polar surface area (TPSA) is 51.2 Å². The number of carbonyl (C=O) groups is 1. The number of rotatable bonds is 4. The Bertz CT molecular complexity index is 615. The molecule has 104 valence electrons. The number of hydrogen-bond acceptors (Lipinski definition) is 3. The Hall–Kier alpha value is -1.78. The van der Waals surface area contributed by atoms with Crippen LogP contribution in [0.2, 0.25) is 10.2 Å². The van der Waals surface area contributed by atoms with Gasteiger partial charge in [0.25, 0.3) is 5.91 Å². The van der Waals surface area contributed by atoms with E-state index < -0.39 is 5.91 Å². The number of nitrogens with one attached hydrogen (secondary N) is 1. The molecular weight excluding hydrogens is 299 g/mol. The van der Waals surface area contributed by atoms with Gasteiger partial charge in [0.2, 0.25) is 0 Å². The Morgan fingerprint density at radius 3 is 2.55 bits per heavy atom. The third-order valence-corrected chi connectivity index (χ3v) is 2.97. The molecule has 1 amide bonds. The molecule has 2 rings (SSSR count). The number of carbonyl (C=O) groups excluding carboxylic acids is 1. The maximum Gasteiger partial charge on any atom is 0.275 e. The lowest BCUT2D eigenvalue weighted by atomic mass is 10.2. The highest BCUT2D eigenvalue weighted by Crippen LogP contribution is 2.20. The molecule has 1 N–H and O–H groups in total. The smallest absolute Gasteiger partial charge is 0.275 e. The largest absolute Gasteiger partial charge is 0.494 e. The number of benzene rings is 1. The van der Waals surface area contributed by atoms with Crippen LogP contribution in [0.5, 0.6) is 5.75 Å². The first-order valence-corrected chi connectivity index (χ1v) is 6.72. The molecule has 4 nitrogen and oxygen atoms in total. The zero-order chi connectivity index (χ0) is 14.5. The van der Waals surface area contributed by atoms with Crippen molar-refractivity contribution in [1.82, 2.24) is 4.98 Å². The second-order valence-electron chi connectivity index (χ2n) is 3.88. The Morgan fingerprint density at radius 2 is 1.90 bits per heavy atom. The summed E-state index contributed by atoms with van der Waals surface area (Å²) in [4.78, 5) is 16.0. The summed E-state index contributed by atoms with van der Waals surface area (Å²) in [6.45, 7) is 2.50. The van der Waals surface area contributed by atoms with Crippen LogP contribution >= 0.6 is 23.2 Å². The molecule has 0 fully saturated rings. The fourth-order valence-electron chi connectivity index (χ4n) is 1.57. The molecule has 0 aliphatic heterocycles. The summed E-state index contributed by atoms with van der Waals surface area (Å²) in [6, 6.07) is 10.1. The van der Waals surface area contributed by atoms with Gasteiger partial charge in [-0.05, 0) is 43.3 Å². The molecule has 1 aromatic heterocycles. The predicted octanol–water partition coefficient (Wildman–Crippen LogP) is 4.04. The van der Waals surface area contributed by atoms with Crippen molar-refractivity contribution in [3.8, 4) is 5.75 Å². The van der Waals surface area contributed by atoms with Gasteiger partial charge in [-0.1, -0.05) is 23.2 Å². The highest BCUT2D eigenvalue weighted by molar-refractivity contribution is 6.35. The summed E-state index contributed by atoms with van der Waals surface area (Å²) in [5.41, 5.74) is 0.712. The lowest BCUT2D eigenvalue weighted by Gasteiger charge is -2.07. The molecule has 0 atom stereocenters. The van der Waals surface area contributed by atoms with E-state index in [-0.39, 0.29) is 15.9 Å². The van der Waals surface area contributed by atoms with Crippen molar-refractivity contribution in [3.05, 3.63) is 52.3 Å². The molecule has 6 heteroatoms. The number of ether oxygens (including phenoxy) is 1. The Kier molecular flexibility index (Phi) is 4.82. The Labute approximate surface area is 126 Å². The fraction of sp³-hybridized carbons (Fsp3) is 0.143. The molecule has 0 saturated heterocycles. The second kappa shape index (κ2) is 6.59. The molecular formula is C14H12Cl2N2O2. The lowest BCUT2D eigenvalue weighted by Crippen LogP contribution is -2.14. The van der Waals surface area contributed by atoms with Gasteiger partial charge in [-0.15, -0.1) is 0 Å². The monoisotopic (exact) mass is 310 g/mol. The highest BCUT2D eigenvalue weighted by atomic mass is 35.5. The fourth-order valence-corrected chi connectivity index (χ4v) is 1.91. The molecule has 0 aliphatic rings. The minimum Gasteiger partial charge on any atom is -0.494 e. The molecule has 0 unspecified atom stereocenters. The molecule has 0 radical (unpaired) electrons. The molecule has 1 aromatic carbocycles. The van der Waals surface area contributed by atoms with E-state index in [1.165, 1.54) is 12.1 Å². The summed E-state index contributed by atoms with van der Waals surface area (Å²) in [5.74, 6) is 0.325. The predicted molar refractivity (Wildman–Crippen MR) is 79.8 cm³/mol. The van der Waals surface area contributed by atoms with Gasteiger partial charge in [0.05, 0.1) is 11.6 Å². The average molecular weight is 311 g/mol. The maximum atomic E-state index is 12.0. The number of nitrogens with zero attached hydrogens (tertiary/aromatic N) is 1. The number of pyridine rings is 1. The van der Waals surface area contributed by atoms with Crippen molar-refractivity contribution in [2.24, 2.45) is 0 Å². The molecule has 1 heterocycles. The van der Waals surface area contributed by atoms with Gasteiger partial charge in [-0.2, -0.15) is 0 Å². The van der Waals surface area contributed by atoms with Crippen LogP contribution in [0.15, 0.2) is 36.4 Å². The zero-order valence-corrected chi connectivity index (χ0v) is 12.2. The first kappa shape index (κ1) is 14.6. The number of anilines is 1. The third kappa shape index (κ3) is 3.62. The van der Waals surface area contributed by atoms with Crippen molar-refractivity contribution >= 4 is 34.8 Å². The van der Waals surface area contributed by atoms with Gasteiger partial charge in [0.1, 0.15) is 16.6 Å². The summed E-state index contributed by atoms with van der Waals surface area (Å²) in [7, 11) is 0. The van der Waals surface area contributed by atoms with E-state index in [0.717, 1.165) is 5.75 Å². The van der Waals surface area contributed by atoms with Crippen molar-refractivity contribution < 1.29 is 9.53 Å². The van der Waals surface area contributed by atoms with Crippen LogP contribution < -0.4 is 10.1 Å². The van der Waals surface area contributed by atoms with E-state index in [2.05, 4.69) is 10.3 Å². The van der Waals surface area contributed by atoms with Gasteiger partial charge in [-0.25, -0.2) is 4.98 Å². The van der Waals surface area contributed by atoms with Crippen LogP contribution in [0.1, 0.15) is 17.4 Å². The van der Waals surface area contributed by atoms with Crippen molar-refractivity contribution in [2.75, 3.05) is 11.9 Å². The molecule has 0 spiro atoms. The highest BCUT2D eigenvalue weighted by Gasteiger charge is 2.13. The minimum absolute atomic E-state index is 0.0908. The van der Waals surface area contributed by atoms with Crippen LogP contribution in [0.3, 0.4) is 0 Å². The average Bonchev–Trinajstić information content (AvgIpc) is 2.44. The first-order valence-electron chi connectivity index (χ1n) is 5.96. The zero-order valence-electron chi connectivity index (χ0n) is 10.7. The standard InChI is InChI=1S/C14H12Cl2N2O2/c1-2-20-10-5-3-9(4-6-10)17-14(19)13-11(15)7-8-12(16)18-13/h3-8H,2H2,1H3,(H,17,19).